The molecule has 4 heteroatoms. The normalized spacial score (nSPS) is 10.3. The van der Waals surface area contributed by atoms with Gasteiger partial charge in [-0.15, -0.1) is 0 Å². The monoisotopic (exact) mass is 317 g/mol. The van der Waals surface area contributed by atoms with Crippen molar-refractivity contribution in [2.45, 2.75) is 26.2 Å². The quantitative estimate of drug-likeness (QED) is 0.844. The van der Waals surface area contributed by atoms with Crippen LogP contribution >= 0.6 is 11.6 Å². The topological polar surface area (TPSA) is 38.3 Å². The number of carbonyl (C=O) groups excluding carboxylic acids is 1. The number of carbonyl (C=O) groups is 1. The van der Waals surface area contributed by atoms with Crippen molar-refractivity contribution < 1.29 is 9.53 Å². The Labute approximate surface area is 136 Å². The number of hydrogen-bond acceptors (Lipinski definition) is 2. The van der Waals surface area contributed by atoms with E-state index in [4.69, 9.17) is 16.3 Å². The van der Waals surface area contributed by atoms with Crippen molar-refractivity contribution in [3.8, 4) is 5.75 Å². The highest BCUT2D eigenvalue weighted by Crippen LogP contribution is 2.20. The molecule has 0 aliphatic carbocycles. The average Bonchev–Trinajstić information content (AvgIpc) is 2.51. The van der Waals surface area contributed by atoms with Crippen LogP contribution in [0.15, 0.2) is 42.5 Å². The number of hydrogen-bond donors (Lipinski definition) is 1. The number of aryl methyl sites for hydroxylation is 2. The molecule has 2 aromatic carbocycles. The summed E-state index contributed by atoms with van der Waals surface area (Å²) in [4.78, 5) is 11.9. The van der Waals surface area contributed by atoms with Crippen LogP contribution in [-0.2, 0) is 11.2 Å². The minimum atomic E-state index is 0.00781. The van der Waals surface area contributed by atoms with Crippen LogP contribution in [0.2, 0.25) is 5.02 Å². The molecule has 0 bridgehead atoms. The lowest BCUT2D eigenvalue weighted by Crippen LogP contribution is -2.11. The zero-order chi connectivity index (χ0) is 15.9. The van der Waals surface area contributed by atoms with Crippen LogP contribution in [-0.4, -0.2) is 13.0 Å². The molecule has 0 aromatic heterocycles. The Morgan fingerprint density at radius 3 is 2.55 bits per heavy atom. The van der Waals surface area contributed by atoms with Gasteiger partial charge in [-0.1, -0.05) is 29.8 Å². The molecule has 0 aliphatic heterocycles. The number of benzene rings is 2. The van der Waals surface area contributed by atoms with E-state index in [0.717, 1.165) is 29.8 Å². The van der Waals surface area contributed by atoms with Crippen LogP contribution in [0.5, 0.6) is 5.75 Å². The van der Waals surface area contributed by atoms with Gasteiger partial charge in [-0.25, -0.2) is 0 Å². The number of ether oxygens (including phenoxy) is 1. The van der Waals surface area contributed by atoms with Crippen molar-refractivity contribution in [2.75, 3.05) is 12.4 Å². The first-order chi connectivity index (χ1) is 10.6. The van der Waals surface area contributed by atoms with Crippen molar-refractivity contribution in [2.24, 2.45) is 0 Å². The highest BCUT2D eigenvalue weighted by atomic mass is 35.5. The van der Waals surface area contributed by atoms with Crippen molar-refractivity contribution >= 4 is 23.2 Å². The van der Waals surface area contributed by atoms with Crippen LogP contribution in [0.3, 0.4) is 0 Å². The van der Waals surface area contributed by atoms with Crippen molar-refractivity contribution in [3.05, 3.63) is 58.6 Å². The number of rotatable bonds is 6. The maximum absolute atomic E-state index is 11.9. The van der Waals surface area contributed by atoms with E-state index in [-0.39, 0.29) is 5.91 Å². The van der Waals surface area contributed by atoms with Gasteiger partial charge in [0.15, 0.2) is 0 Å². The molecule has 1 N–H and O–H groups in total. The lowest BCUT2D eigenvalue weighted by Gasteiger charge is -2.07. The third kappa shape index (κ3) is 4.78. The fourth-order valence-corrected chi connectivity index (χ4v) is 2.32. The highest BCUT2D eigenvalue weighted by Gasteiger charge is 2.04. The molecule has 22 heavy (non-hydrogen) atoms. The van der Waals surface area contributed by atoms with E-state index in [1.807, 2.05) is 43.3 Å². The molecule has 3 nitrogen and oxygen atoms in total. The van der Waals surface area contributed by atoms with E-state index >= 15 is 0 Å². The Hall–Kier alpha value is -2.00. The minimum absolute atomic E-state index is 0.00781. The van der Waals surface area contributed by atoms with Gasteiger partial charge in [-0.2, -0.15) is 0 Å². The van der Waals surface area contributed by atoms with Gasteiger partial charge in [0, 0.05) is 17.1 Å². The molecular weight excluding hydrogens is 298 g/mol. The Morgan fingerprint density at radius 1 is 1.18 bits per heavy atom. The molecule has 116 valence electrons. The summed E-state index contributed by atoms with van der Waals surface area (Å²) in [5, 5.41) is 3.53. The zero-order valence-corrected chi connectivity index (χ0v) is 13.6. The first-order valence-electron chi connectivity index (χ1n) is 7.27. The lowest BCUT2D eigenvalue weighted by molar-refractivity contribution is -0.116. The number of anilines is 1. The molecule has 0 saturated carbocycles. The summed E-state index contributed by atoms with van der Waals surface area (Å²) in [6.45, 7) is 1.93. The molecule has 2 rings (SSSR count). The smallest absolute Gasteiger partial charge is 0.224 e. The summed E-state index contributed by atoms with van der Waals surface area (Å²) >= 11 is 6.04. The van der Waals surface area contributed by atoms with Crippen LogP contribution < -0.4 is 10.1 Å². The molecule has 0 saturated heterocycles. The predicted octanol–water partition coefficient (Wildman–Crippen LogP) is 4.62. The first-order valence-corrected chi connectivity index (χ1v) is 7.65. The molecule has 2 aromatic rings. The molecule has 0 fully saturated rings. The van der Waals surface area contributed by atoms with Gasteiger partial charge in [0.1, 0.15) is 5.75 Å². The summed E-state index contributed by atoms with van der Waals surface area (Å²) in [5.74, 6) is 0.853. The molecule has 1 amide bonds. The van der Waals surface area contributed by atoms with Crippen molar-refractivity contribution in [3.63, 3.8) is 0 Å². The van der Waals surface area contributed by atoms with Gasteiger partial charge in [-0.3, -0.25) is 4.79 Å². The fourth-order valence-electron chi connectivity index (χ4n) is 2.14. The van der Waals surface area contributed by atoms with Gasteiger partial charge < -0.3 is 10.1 Å². The predicted molar refractivity (Wildman–Crippen MR) is 90.8 cm³/mol. The molecule has 0 heterocycles. The van der Waals surface area contributed by atoms with Crippen LogP contribution in [0, 0.1) is 6.92 Å². The summed E-state index contributed by atoms with van der Waals surface area (Å²) in [6, 6.07) is 13.5. The number of halogens is 1. The van der Waals surface area contributed by atoms with Gasteiger partial charge >= 0.3 is 0 Å². The third-order valence-electron chi connectivity index (χ3n) is 3.48. The van der Waals surface area contributed by atoms with Gasteiger partial charge in [0.2, 0.25) is 5.91 Å². The van der Waals surface area contributed by atoms with Crippen LogP contribution in [0.4, 0.5) is 5.69 Å². The second-order valence-corrected chi connectivity index (χ2v) is 5.62. The largest absolute Gasteiger partial charge is 0.497 e. The van der Waals surface area contributed by atoms with E-state index in [9.17, 15) is 4.79 Å². The molecule has 0 atom stereocenters. The zero-order valence-electron chi connectivity index (χ0n) is 12.9. The fraction of sp³-hybridized carbons (Fsp3) is 0.278. The molecule has 0 aliphatic rings. The Morgan fingerprint density at radius 2 is 1.91 bits per heavy atom. The SMILES string of the molecule is COc1ccc(CCCC(=O)Nc2ccc(C)c(Cl)c2)cc1. The Balaban J connectivity index is 1.78. The maximum Gasteiger partial charge on any atom is 0.224 e. The van der Waals surface area contributed by atoms with E-state index in [1.54, 1.807) is 13.2 Å². The molecule has 0 spiro atoms. The highest BCUT2D eigenvalue weighted by molar-refractivity contribution is 6.31. The Kier molecular flexibility index (Phi) is 5.84. The van der Waals surface area contributed by atoms with E-state index in [2.05, 4.69) is 5.32 Å². The van der Waals surface area contributed by atoms with Crippen molar-refractivity contribution in [1.29, 1.82) is 0 Å². The molecule has 0 unspecified atom stereocenters. The standard InChI is InChI=1S/C18H20ClNO2/c1-13-6-9-15(12-17(13)19)20-18(21)5-3-4-14-7-10-16(22-2)11-8-14/h6-12H,3-5H2,1-2H3,(H,20,21). The second-order valence-electron chi connectivity index (χ2n) is 5.21. The second kappa shape index (κ2) is 7.85. The number of nitrogens with one attached hydrogen (secondary N) is 1. The van der Waals surface area contributed by atoms with E-state index < -0.39 is 0 Å². The van der Waals surface area contributed by atoms with Gasteiger partial charge in [0.05, 0.1) is 7.11 Å². The summed E-state index contributed by atoms with van der Waals surface area (Å²) in [7, 11) is 1.65. The number of amides is 1. The van der Waals surface area contributed by atoms with E-state index in [1.165, 1.54) is 5.56 Å². The third-order valence-corrected chi connectivity index (χ3v) is 3.89. The van der Waals surface area contributed by atoms with Gasteiger partial charge in [-0.05, 0) is 55.2 Å². The minimum Gasteiger partial charge on any atom is -0.497 e. The van der Waals surface area contributed by atoms with E-state index in [0.29, 0.717) is 11.4 Å². The summed E-state index contributed by atoms with van der Waals surface area (Å²) in [6.07, 6.45) is 2.15. The van der Waals surface area contributed by atoms with Crippen LogP contribution in [0.1, 0.15) is 24.0 Å². The van der Waals surface area contributed by atoms with Crippen molar-refractivity contribution in [1.82, 2.24) is 0 Å². The lowest BCUT2D eigenvalue weighted by atomic mass is 10.1. The molecule has 0 radical (unpaired) electrons. The maximum atomic E-state index is 11.9. The average molecular weight is 318 g/mol. The summed E-state index contributed by atoms with van der Waals surface area (Å²) in [5.41, 5.74) is 2.94. The first kappa shape index (κ1) is 16.4. The Bertz CT molecular complexity index is 638. The molecular formula is C18H20ClNO2. The van der Waals surface area contributed by atoms with Gasteiger partial charge in [0.25, 0.3) is 0 Å². The van der Waals surface area contributed by atoms with Crippen LogP contribution in [0.25, 0.3) is 0 Å². The summed E-state index contributed by atoms with van der Waals surface area (Å²) < 4.78 is 5.12. The number of methoxy groups -OCH3 is 1.